The lowest BCUT2D eigenvalue weighted by atomic mass is 9.97. The first kappa shape index (κ1) is 19.0. The highest BCUT2D eigenvalue weighted by atomic mass is 32.2. The van der Waals surface area contributed by atoms with Gasteiger partial charge >= 0.3 is 0 Å². The van der Waals surface area contributed by atoms with E-state index in [1.54, 1.807) is 47.3 Å². The molecule has 2 aliphatic heterocycles. The van der Waals surface area contributed by atoms with E-state index in [9.17, 15) is 13.2 Å². The predicted octanol–water partition coefficient (Wildman–Crippen LogP) is 1.70. The number of carbonyl (C=O) groups excluding carboxylic acids is 1. The van der Waals surface area contributed by atoms with E-state index in [0.717, 1.165) is 17.7 Å². The van der Waals surface area contributed by atoms with E-state index in [1.165, 1.54) is 4.31 Å². The van der Waals surface area contributed by atoms with Crippen LogP contribution < -0.4 is 10.1 Å². The molecule has 0 saturated carbocycles. The highest BCUT2D eigenvalue weighted by Gasteiger charge is 2.32. The highest BCUT2D eigenvalue weighted by Crippen LogP contribution is 2.30. The Morgan fingerprint density at radius 1 is 1.17 bits per heavy atom. The normalized spacial score (nSPS) is 17.6. The minimum absolute atomic E-state index is 0.103. The van der Waals surface area contributed by atoms with Crippen molar-refractivity contribution in [1.29, 1.82) is 0 Å². The molecule has 9 nitrogen and oxygen atoms in total. The molecule has 5 rings (SSSR count). The molecule has 4 heterocycles. The largest absolute Gasteiger partial charge is 0.493 e. The van der Waals surface area contributed by atoms with E-state index in [0.29, 0.717) is 43.9 Å². The summed E-state index contributed by atoms with van der Waals surface area (Å²) < 4.78 is 34.7. The van der Waals surface area contributed by atoms with E-state index < -0.39 is 10.0 Å². The average Bonchev–Trinajstić information content (AvgIpc) is 3.42. The van der Waals surface area contributed by atoms with Gasteiger partial charge in [0, 0.05) is 31.6 Å². The number of hydrogen-bond donors (Lipinski definition) is 1. The summed E-state index contributed by atoms with van der Waals surface area (Å²) in [6.45, 7) is 1.22. The van der Waals surface area contributed by atoms with Gasteiger partial charge in [-0.05, 0) is 48.7 Å². The van der Waals surface area contributed by atoms with Crippen LogP contribution in [0.15, 0.2) is 47.8 Å². The number of amides is 1. The van der Waals surface area contributed by atoms with Gasteiger partial charge < -0.3 is 10.1 Å². The minimum Gasteiger partial charge on any atom is -0.493 e. The van der Waals surface area contributed by atoms with Crippen LogP contribution in [0.3, 0.4) is 0 Å². The Kier molecular flexibility index (Phi) is 4.67. The summed E-state index contributed by atoms with van der Waals surface area (Å²) >= 11 is 0. The van der Waals surface area contributed by atoms with E-state index >= 15 is 0 Å². The van der Waals surface area contributed by atoms with Gasteiger partial charge in [0.25, 0.3) is 0 Å². The SMILES string of the molecule is O=C(Nc1ccc2nncn2c1)C1CCN(S(=O)(=O)c2ccc3c(c2)CCO3)CC1. The van der Waals surface area contributed by atoms with Crippen LogP contribution in [0.2, 0.25) is 0 Å². The van der Waals surface area contributed by atoms with E-state index in [-0.39, 0.29) is 16.7 Å². The molecule has 2 aliphatic rings. The van der Waals surface area contributed by atoms with Gasteiger partial charge in [-0.1, -0.05) is 0 Å². The summed E-state index contributed by atoms with van der Waals surface area (Å²) in [5.74, 6) is 0.421. The van der Waals surface area contributed by atoms with Crippen molar-refractivity contribution in [2.75, 3.05) is 25.0 Å². The molecule has 0 aliphatic carbocycles. The zero-order valence-corrected chi connectivity index (χ0v) is 17.0. The van der Waals surface area contributed by atoms with Crippen molar-refractivity contribution in [2.45, 2.75) is 24.2 Å². The fraction of sp³-hybridized carbons (Fsp3) is 0.350. The summed E-state index contributed by atoms with van der Waals surface area (Å²) in [7, 11) is -3.58. The Morgan fingerprint density at radius 3 is 2.83 bits per heavy atom. The maximum Gasteiger partial charge on any atom is 0.243 e. The van der Waals surface area contributed by atoms with Gasteiger partial charge in [-0.15, -0.1) is 10.2 Å². The molecule has 0 spiro atoms. The van der Waals surface area contributed by atoms with Crippen molar-refractivity contribution in [1.82, 2.24) is 18.9 Å². The molecule has 0 radical (unpaired) electrons. The van der Waals surface area contributed by atoms with Crippen molar-refractivity contribution in [3.63, 3.8) is 0 Å². The van der Waals surface area contributed by atoms with Crippen LogP contribution in [0, 0.1) is 5.92 Å². The second kappa shape index (κ2) is 7.37. The molecule has 1 fully saturated rings. The Labute approximate surface area is 173 Å². The molecule has 2 aromatic heterocycles. The van der Waals surface area contributed by atoms with Crippen molar-refractivity contribution < 1.29 is 17.9 Å². The fourth-order valence-corrected chi connectivity index (χ4v) is 5.50. The monoisotopic (exact) mass is 427 g/mol. The van der Waals surface area contributed by atoms with Crippen molar-refractivity contribution in [3.05, 3.63) is 48.4 Å². The molecule has 156 valence electrons. The predicted molar refractivity (Wildman–Crippen MR) is 109 cm³/mol. The number of aromatic nitrogens is 3. The third-order valence-electron chi connectivity index (χ3n) is 5.68. The Hall–Kier alpha value is -2.98. The molecule has 30 heavy (non-hydrogen) atoms. The Bertz CT molecular complexity index is 1210. The van der Waals surface area contributed by atoms with Crippen molar-refractivity contribution >= 4 is 27.3 Å². The maximum atomic E-state index is 13.0. The average molecular weight is 427 g/mol. The second-order valence-electron chi connectivity index (χ2n) is 7.55. The number of carbonyl (C=O) groups is 1. The second-order valence-corrected chi connectivity index (χ2v) is 9.49. The first-order chi connectivity index (χ1) is 14.5. The van der Waals surface area contributed by atoms with Gasteiger partial charge in [-0.2, -0.15) is 4.31 Å². The lowest BCUT2D eigenvalue weighted by Gasteiger charge is -2.30. The number of pyridine rings is 1. The number of piperidine rings is 1. The standard InChI is InChI=1S/C20H21N5O4S/c26-20(22-16-1-4-19-23-21-13-24(19)12-16)14-5-8-25(9-6-14)30(27,28)17-2-3-18-15(11-17)7-10-29-18/h1-4,11-14H,5-10H2,(H,22,26). The number of nitrogens with one attached hydrogen (secondary N) is 1. The molecule has 10 heteroatoms. The van der Waals surface area contributed by atoms with Crippen LogP contribution in [-0.2, 0) is 21.2 Å². The molecular formula is C20H21N5O4S. The topological polar surface area (TPSA) is 106 Å². The van der Waals surface area contributed by atoms with Crippen LogP contribution in [0.4, 0.5) is 5.69 Å². The van der Waals surface area contributed by atoms with Gasteiger partial charge in [-0.25, -0.2) is 8.42 Å². The van der Waals surface area contributed by atoms with E-state index in [2.05, 4.69) is 15.5 Å². The molecule has 0 unspecified atom stereocenters. The molecule has 3 aromatic rings. The van der Waals surface area contributed by atoms with Gasteiger partial charge in [0.05, 0.1) is 17.2 Å². The molecule has 1 N–H and O–H groups in total. The number of anilines is 1. The summed E-state index contributed by atoms with van der Waals surface area (Å²) in [6, 6.07) is 8.58. The number of nitrogens with zero attached hydrogens (tertiary/aromatic N) is 4. The Morgan fingerprint density at radius 2 is 2.00 bits per heavy atom. The third-order valence-corrected chi connectivity index (χ3v) is 7.58. The van der Waals surface area contributed by atoms with E-state index in [1.807, 2.05) is 0 Å². The number of fused-ring (bicyclic) bond motifs is 2. The van der Waals surface area contributed by atoms with Crippen LogP contribution in [0.25, 0.3) is 5.65 Å². The maximum absolute atomic E-state index is 13.0. The number of ether oxygens (including phenoxy) is 1. The smallest absolute Gasteiger partial charge is 0.243 e. The summed E-state index contributed by atoms with van der Waals surface area (Å²) in [5, 5.41) is 10.7. The van der Waals surface area contributed by atoms with Gasteiger partial charge in [-0.3, -0.25) is 9.20 Å². The van der Waals surface area contributed by atoms with Gasteiger partial charge in [0.1, 0.15) is 12.1 Å². The number of benzene rings is 1. The Balaban J connectivity index is 1.23. The molecule has 0 atom stereocenters. The first-order valence-electron chi connectivity index (χ1n) is 9.87. The van der Waals surface area contributed by atoms with Crippen molar-refractivity contribution in [2.24, 2.45) is 5.92 Å². The lowest BCUT2D eigenvalue weighted by molar-refractivity contribution is -0.120. The van der Waals surface area contributed by atoms with Crippen LogP contribution >= 0.6 is 0 Å². The summed E-state index contributed by atoms with van der Waals surface area (Å²) in [6.07, 6.45) is 5.01. The van der Waals surface area contributed by atoms with Crippen LogP contribution in [-0.4, -0.2) is 52.9 Å². The van der Waals surface area contributed by atoms with Crippen molar-refractivity contribution in [3.8, 4) is 5.75 Å². The number of rotatable bonds is 4. The number of hydrogen-bond acceptors (Lipinski definition) is 6. The first-order valence-corrected chi connectivity index (χ1v) is 11.3. The zero-order valence-electron chi connectivity index (χ0n) is 16.2. The van der Waals surface area contributed by atoms with Crippen LogP contribution in [0.5, 0.6) is 5.75 Å². The molecular weight excluding hydrogens is 406 g/mol. The van der Waals surface area contributed by atoms with E-state index in [4.69, 9.17) is 4.74 Å². The lowest BCUT2D eigenvalue weighted by Crippen LogP contribution is -2.41. The highest BCUT2D eigenvalue weighted by molar-refractivity contribution is 7.89. The molecule has 0 bridgehead atoms. The fourth-order valence-electron chi connectivity index (χ4n) is 3.98. The van der Waals surface area contributed by atoms with Gasteiger partial charge in [0.2, 0.25) is 15.9 Å². The molecule has 1 saturated heterocycles. The summed E-state index contributed by atoms with van der Waals surface area (Å²) in [5.41, 5.74) is 2.28. The summed E-state index contributed by atoms with van der Waals surface area (Å²) in [4.78, 5) is 13.0. The molecule has 1 amide bonds. The minimum atomic E-state index is -3.58. The quantitative estimate of drug-likeness (QED) is 0.679. The van der Waals surface area contributed by atoms with Crippen LogP contribution in [0.1, 0.15) is 18.4 Å². The zero-order chi connectivity index (χ0) is 20.7. The molecule has 1 aromatic carbocycles. The third kappa shape index (κ3) is 3.41. The number of sulfonamides is 1. The van der Waals surface area contributed by atoms with Gasteiger partial charge in [0.15, 0.2) is 5.65 Å².